The van der Waals surface area contributed by atoms with Gasteiger partial charge in [-0.1, -0.05) is 34.1 Å². The average molecular weight is 237 g/mol. The molecule has 5 atom stereocenters. The molecule has 2 rings (SSSR count). The molecule has 17 heavy (non-hydrogen) atoms. The SMILES string of the molecule is CC1CC(C)CC(C2(N)CC(C)CCC2C)C1. The molecule has 0 aromatic rings. The molecular weight excluding hydrogens is 206 g/mol. The van der Waals surface area contributed by atoms with Gasteiger partial charge in [0, 0.05) is 5.54 Å². The Hall–Kier alpha value is -0.0400. The van der Waals surface area contributed by atoms with Crippen LogP contribution in [0.5, 0.6) is 0 Å². The molecule has 0 aliphatic heterocycles. The summed E-state index contributed by atoms with van der Waals surface area (Å²) in [6.45, 7) is 9.63. The van der Waals surface area contributed by atoms with E-state index in [9.17, 15) is 0 Å². The fraction of sp³-hybridized carbons (Fsp3) is 1.00. The van der Waals surface area contributed by atoms with Gasteiger partial charge >= 0.3 is 0 Å². The maximum absolute atomic E-state index is 6.89. The third-order valence-corrected chi connectivity index (χ3v) is 5.65. The van der Waals surface area contributed by atoms with Crippen LogP contribution in [-0.2, 0) is 0 Å². The lowest BCUT2D eigenvalue weighted by Gasteiger charge is -2.50. The molecule has 1 nitrogen and oxygen atoms in total. The number of rotatable bonds is 1. The van der Waals surface area contributed by atoms with Gasteiger partial charge in [0.05, 0.1) is 0 Å². The lowest BCUT2D eigenvalue weighted by Crippen LogP contribution is -2.57. The molecule has 0 radical (unpaired) electrons. The standard InChI is InChI=1S/C16H31N/c1-11-5-6-14(4)16(17,10-11)15-8-12(2)7-13(3)9-15/h11-15H,5-10,17H2,1-4H3. The highest BCUT2D eigenvalue weighted by Gasteiger charge is 2.45. The number of hydrogen-bond donors (Lipinski definition) is 1. The van der Waals surface area contributed by atoms with Gasteiger partial charge in [-0.3, -0.25) is 0 Å². The molecule has 2 N–H and O–H groups in total. The van der Waals surface area contributed by atoms with E-state index in [2.05, 4.69) is 27.7 Å². The largest absolute Gasteiger partial charge is 0.325 e. The fourth-order valence-corrected chi connectivity index (χ4v) is 4.66. The minimum Gasteiger partial charge on any atom is -0.325 e. The van der Waals surface area contributed by atoms with Crippen LogP contribution in [0.1, 0.15) is 66.2 Å². The molecule has 0 amide bonds. The highest BCUT2D eigenvalue weighted by Crippen LogP contribution is 2.47. The van der Waals surface area contributed by atoms with E-state index in [0.717, 1.165) is 29.6 Å². The molecule has 0 saturated heterocycles. The van der Waals surface area contributed by atoms with Gasteiger partial charge in [0.1, 0.15) is 0 Å². The van der Waals surface area contributed by atoms with E-state index in [1.54, 1.807) is 0 Å². The highest BCUT2D eigenvalue weighted by molar-refractivity contribution is 5.01. The van der Waals surface area contributed by atoms with E-state index in [-0.39, 0.29) is 5.54 Å². The first-order valence-electron chi connectivity index (χ1n) is 7.70. The van der Waals surface area contributed by atoms with Crippen LogP contribution in [0.3, 0.4) is 0 Å². The first kappa shape index (κ1) is 13.4. The second-order valence-corrected chi connectivity index (χ2v) is 7.51. The Morgan fingerprint density at radius 3 is 2.00 bits per heavy atom. The summed E-state index contributed by atoms with van der Waals surface area (Å²) < 4.78 is 0. The minimum atomic E-state index is 0.139. The zero-order valence-corrected chi connectivity index (χ0v) is 12.2. The summed E-state index contributed by atoms with van der Waals surface area (Å²) in [7, 11) is 0. The normalized spacial score (nSPS) is 52.4. The van der Waals surface area contributed by atoms with Gasteiger partial charge in [0.2, 0.25) is 0 Å². The van der Waals surface area contributed by atoms with Crippen molar-refractivity contribution in [2.45, 2.75) is 71.8 Å². The summed E-state index contributed by atoms with van der Waals surface area (Å²) in [5.41, 5.74) is 7.03. The van der Waals surface area contributed by atoms with Gasteiger partial charge < -0.3 is 5.73 Å². The smallest absolute Gasteiger partial charge is 0.0211 e. The van der Waals surface area contributed by atoms with Crippen molar-refractivity contribution in [1.29, 1.82) is 0 Å². The third kappa shape index (κ3) is 2.70. The molecule has 2 saturated carbocycles. The molecule has 2 aliphatic rings. The Kier molecular flexibility index (Phi) is 3.87. The second-order valence-electron chi connectivity index (χ2n) is 7.51. The number of hydrogen-bond acceptors (Lipinski definition) is 1. The minimum absolute atomic E-state index is 0.139. The Morgan fingerprint density at radius 1 is 0.824 bits per heavy atom. The van der Waals surface area contributed by atoms with Crippen molar-refractivity contribution in [2.24, 2.45) is 35.3 Å². The molecule has 0 bridgehead atoms. The van der Waals surface area contributed by atoms with Gasteiger partial charge in [-0.15, -0.1) is 0 Å². The van der Waals surface area contributed by atoms with Crippen LogP contribution in [0.25, 0.3) is 0 Å². The quantitative estimate of drug-likeness (QED) is 0.726. The predicted octanol–water partition coefficient (Wildman–Crippen LogP) is 4.21. The molecule has 0 heterocycles. The monoisotopic (exact) mass is 237 g/mol. The zero-order chi connectivity index (χ0) is 12.6. The van der Waals surface area contributed by atoms with Crippen molar-refractivity contribution >= 4 is 0 Å². The molecule has 0 spiro atoms. The number of nitrogens with two attached hydrogens (primary N) is 1. The van der Waals surface area contributed by atoms with Gasteiger partial charge in [-0.05, 0) is 61.7 Å². The van der Waals surface area contributed by atoms with Crippen LogP contribution < -0.4 is 5.73 Å². The van der Waals surface area contributed by atoms with Gasteiger partial charge in [-0.25, -0.2) is 0 Å². The Labute approximate surface area is 108 Å². The maximum Gasteiger partial charge on any atom is 0.0211 e. The molecule has 0 aromatic carbocycles. The van der Waals surface area contributed by atoms with E-state index in [0.29, 0.717) is 0 Å². The third-order valence-electron chi connectivity index (χ3n) is 5.65. The molecule has 100 valence electrons. The summed E-state index contributed by atoms with van der Waals surface area (Å²) in [6.07, 6.45) is 8.15. The van der Waals surface area contributed by atoms with Crippen molar-refractivity contribution in [2.75, 3.05) is 0 Å². The van der Waals surface area contributed by atoms with Crippen LogP contribution in [0, 0.1) is 29.6 Å². The van der Waals surface area contributed by atoms with Gasteiger partial charge in [0.25, 0.3) is 0 Å². The van der Waals surface area contributed by atoms with Crippen molar-refractivity contribution in [3.8, 4) is 0 Å². The van der Waals surface area contributed by atoms with Crippen molar-refractivity contribution in [3.05, 3.63) is 0 Å². The zero-order valence-electron chi connectivity index (χ0n) is 12.2. The van der Waals surface area contributed by atoms with Crippen molar-refractivity contribution < 1.29 is 0 Å². The van der Waals surface area contributed by atoms with E-state index in [4.69, 9.17) is 5.73 Å². The van der Waals surface area contributed by atoms with Crippen LogP contribution in [0.15, 0.2) is 0 Å². The topological polar surface area (TPSA) is 26.0 Å². The van der Waals surface area contributed by atoms with E-state index < -0.39 is 0 Å². The molecule has 5 unspecified atom stereocenters. The second kappa shape index (κ2) is 4.91. The average Bonchev–Trinajstić information content (AvgIpc) is 2.22. The summed E-state index contributed by atoms with van der Waals surface area (Å²) in [4.78, 5) is 0. The molecule has 2 aliphatic carbocycles. The summed E-state index contributed by atoms with van der Waals surface area (Å²) >= 11 is 0. The lowest BCUT2D eigenvalue weighted by atomic mass is 9.58. The van der Waals surface area contributed by atoms with E-state index >= 15 is 0 Å². The summed E-state index contributed by atoms with van der Waals surface area (Å²) in [5.74, 6) is 4.10. The van der Waals surface area contributed by atoms with Crippen LogP contribution in [0.4, 0.5) is 0 Å². The molecule has 2 fully saturated rings. The summed E-state index contributed by atoms with van der Waals surface area (Å²) in [6, 6.07) is 0. The first-order chi connectivity index (χ1) is 7.91. The highest BCUT2D eigenvalue weighted by atomic mass is 14.8. The fourth-order valence-electron chi connectivity index (χ4n) is 4.66. The lowest BCUT2D eigenvalue weighted by molar-refractivity contribution is 0.0477. The van der Waals surface area contributed by atoms with Crippen LogP contribution >= 0.6 is 0 Å². The van der Waals surface area contributed by atoms with E-state index in [1.165, 1.54) is 38.5 Å². The van der Waals surface area contributed by atoms with Crippen LogP contribution in [-0.4, -0.2) is 5.54 Å². The molecule has 0 aromatic heterocycles. The van der Waals surface area contributed by atoms with Crippen LogP contribution in [0.2, 0.25) is 0 Å². The maximum atomic E-state index is 6.89. The predicted molar refractivity (Wildman–Crippen MR) is 74.8 cm³/mol. The molecule has 1 heteroatoms. The van der Waals surface area contributed by atoms with E-state index in [1.807, 2.05) is 0 Å². The van der Waals surface area contributed by atoms with Crippen molar-refractivity contribution in [3.63, 3.8) is 0 Å². The Balaban J connectivity index is 2.12. The van der Waals surface area contributed by atoms with Gasteiger partial charge in [-0.2, -0.15) is 0 Å². The van der Waals surface area contributed by atoms with Crippen molar-refractivity contribution in [1.82, 2.24) is 0 Å². The Morgan fingerprint density at radius 2 is 1.41 bits per heavy atom. The molecular formula is C16H31N. The summed E-state index contributed by atoms with van der Waals surface area (Å²) in [5, 5.41) is 0. The van der Waals surface area contributed by atoms with Gasteiger partial charge in [0.15, 0.2) is 0 Å². The Bertz CT molecular complexity index is 252. The first-order valence-corrected chi connectivity index (χ1v) is 7.70.